The van der Waals surface area contributed by atoms with Crippen LogP contribution in [0.25, 0.3) is 0 Å². The van der Waals surface area contributed by atoms with Crippen LogP contribution < -0.4 is 5.32 Å². The van der Waals surface area contributed by atoms with Crippen molar-refractivity contribution in [2.24, 2.45) is 0 Å². The summed E-state index contributed by atoms with van der Waals surface area (Å²) in [5, 5.41) is 3.29. The number of hydrogen-bond donors (Lipinski definition) is 1. The van der Waals surface area contributed by atoms with Crippen LogP contribution in [0.5, 0.6) is 0 Å². The van der Waals surface area contributed by atoms with E-state index in [1.807, 2.05) is 49.4 Å². The molecule has 1 saturated heterocycles. The van der Waals surface area contributed by atoms with Gasteiger partial charge in [-0.2, -0.15) is 4.31 Å². The van der Waals surface area contributed by atoms with E-state index in [0.29, 0.717) is 24.5 Å². The molecular weight excluding hydrogens is 296 g/mol. The van der Waals surface area contributed by atoms with Gasteiger partial charge in [-0.3, -0.25) is 0 Å². The standard InChI is InChI=1S/C17H20N2O2S/c1-14-7-9-16(10-8-14)22(20,21)19-12-11-18-13-17(19)15-5-3-2-4-6-15/h2-10,17-18H,11-13H2,1H3/t17-/m1/s1. The van der Waals surface area contributed by atoms with Crippen LogP contribution in [0.2, 0.25) is 0 Å². The van der Waals surface area contributed by atoms with E-state index in [2.05, 4.69) is 5.32 Å². The molecule has 0 saturated carbocycles. The predicted molar refractivity (Wildman–Crippen MR) is 87.1 cm³/mol. The van der Waals surface area contributed by atoms with Crippen LogP contribution in [0.3, 0.4) is 0 Å². The Hall–Kier alpha value is -1.69. The van der Waals surface area contributed by atoms with E-state index >= 15 is 0 Å². The molecule has 1 N–H and O–H groups in total. The molecule has 2 aromatic rings. The zero-order valence-electron chi connectivity index (χ0n) is 12.6. The Morgan fingerprint density at radius 1 is 1.05 bits per heavy atom. The number of aryl methyl sites for hydroxylation is 1. The van der Waals surface area contributed by atoms with Crippen LogP contribution in [0.1, 0.15) is 17.2 Å². The maximum Gasteiger partial charge on any atom is 0.243 e. The number of benzene rings is 2. The molecule has 3 rings (SSSR count). The Bertz CT molecular complexity index is 727. The van der Waals surface area contributed by atoms with Crippen LogP contribution in [-0.2, 0) is 10.0 Å². The van der Waals surface area contributed by atoms with Gasteiger partial charge in [-0.1, -0.05) is 48.0 Å². The van der Waals surface area contributed by atoms with Crippen molar-refractivity contribution in [3.63, 3.8) is 0 Å². The largest absolute Gasteiger partial charge is 0.313 e. The lowest BCUT2D eigenvalue weighted by Gasteiger charge is -2.35. The highest BCUT2D eigenvalue weighted by molar-refractivity contribution is 7.89. The topological polar surface area (TPSA) is 49.4 Å². The molecule has 0 spiro atoms. The normalized spacial score (nSPS) is 20.0. The van der Waals surface area contributed by atoms with E-state index in [9.17, 15) is 8.42 Å². The fourth-order valence-corrected chi connectivity index (χ4v) is 4.39. The van der Waals surface area contributed by atoms with Crippen molar-refractivity contribution in [1.29, 1.82) is 0 Å². The van der Waals surface area contributed by atoms with Crippen molar-refractivity contribution in [2.45, 2.75) is 17.9 Å². The molecule has 0 bridgehead atoms. The molecule has 116 valence electrons. The smallest absolute Gasteiger partial charge is 0.243 e. The number of piperazine rings is 1. The molecule has 1 aliphatic rings. The Morgan fingerprint density at radius 2 is 1.73 bits per heavy atom. The van der Waals surface area contributed by atoms with Crippen LogP contribution in [0, 0.1) is 6.92 Å². The van der Waals surface area contributed by atoms with Gasteiger partial charge in [-0.25, -0.2) is 8.42 Å². The molecule has 22 heavy (non-hydrogen) atoms. The first kappa shape index (κ1) is 15.2. The summed E-state index contributed by atoms with van der Waals surface area (Å²) in [5.74, 6) is 0. The Balaban J connectivity index is 1.98. The summed E-state index contributed by atoms with van der Waals surface area (Å²) in [6.07, 6.45) is 0. The lowest BCUT2D eigenvalue weighted by Crippen LogP contribution is -2.48. The number of nitrogens with one attached hydrogen (secondary N) is 1. The van der Waals surface area contributed by atoms with Crippen LogP contribution in [0.15, 0.2) is 59.5 Å². The van der Waals surface area contributed by atoms with Gasteiger partial charge in [0.2, 0.25) is 10.0 Å². The molecule has 4 nitrogen and oxygen atoms in total. The Kier molecular flexibility index (Phi) is 4.29. The number of sulfonamides is 1. The lowest BCUT2D eigenvalue weighted by molar-refractivity contribution is 0.271. The molecule has 0 aliphatic carbocycles. The van der Waals surface area contributed by atoms with Crippen molar-refractivity contribution >= 4 is 10.0 Å². The molecule has 2 aromatic carbocycles. The van der Waals surface area contributed by atoms with Crippen LogP contribution in [0.4, 0.5) is 0 Å². The fraction of sp³-hybridized carbons (Fsp3) is 0.294. The first-order chi connectivity index (χ1) is 10.6. The minimum atomic E-state index is -3.48. The summed E-state index contributed by atoms with van der Waals surface area (Å²) in [5.41, 5.74) is 2.07. The van der Waals surface area contributed by atoms with Gasteiger partial charge in [-0.05, 0) is 24.6 Å². The predicted octanol–water partition coefficient (Wildman–Crippen LogP) is 2.33. The van der Waals surface area contributed by atoms with Crippen molar-refractivity contribution in [2.75, 3.05) is 19.6 Å². The third-order valence-corrected chi connectivity index (χ3v) is 5.93. The summed E-state index contributed by atoms with van der Waals surface area (Å²) >= 11 is 0. The Labute approximate surface area is 131 Å². The molecule has 1 aliphatic heterocycles. The first-order valence-corrected chi connectivity index (χ1v) is 8.87. The van der Waals surface area contributed by atoms with E-state index in [1.54, 1.807) is 16.4 Å². The van der Waals surface area contributed by atoms with Crippen LogP contribution in [-0.4, -0.2) is 32.4 Å². The van der Waals surface area contributed by atoms with Crippen molar-refractivity contribution in [3.8, 4) is 0 Å². The average molecular weight is 316 g/mol. The molecular formula is C17H20N2O2S. The van der Waals surface area contributed by atoms with Crippen LogP contribution >= 0.6 is 0 Å². The number of nitrogens with zero attached hydrogens (tertiary/aromatic N) is 1. The lowest BCUT2D eigenvalue weighted by atomic mass is 10.1. The van der Waals surface area contributed by atoms with Crippen molar-refractivity contribution in [1.82, 2.24) is 9.62 Å². The number of rotatable bonds is 3. The minimum absolute atomic E-state index is 0.166. The third kappa shape index (κ3) is 2.92. The quantitative estimate of drug-likeness (QED) is 0.945. The van der Waals surface area contributed by atoms with Gasteiger partial charge in [0, 0.05) is 19.6 Å². The fourth-order valence-electron chi connectivity index (χ4n) is 2.78. The molecule has 1 fully saturated rings. The van der Waals surface area contributed by atoms with E-state index in [4.69, 9.17) is 0 Å². The highest BCUT2D eigenvalue weighted by Gasteiger charge is 2.34. The zero-order valence-corrected chi connectivity index (χ0v) is 13.4. The number of hydrogen-bond acceptors (Lipinski definition) is 3. The van der Waals surface area contributed by atoms with Gasteiger partial charge in [0.05, 0.1) is 10.9 Å². The molecule has 1 heterocycles. The van der Waals surface area contributed by atoms with E-state index < -0.39 is 10.0 Å². The summed E-state index contributed by atoms with van der Waals surface area (Å²) in [7, 11) is -3.48. The Morgan fingerprint density at radius 3 is 2.41 bits per heavy atom. The minimum Gasteiger partial charge on any atom is -0.313 e. The monoisotopic (exact) mass is 316 g/mol. The first-order valence-electron chi connectivity index (χ1n) is 7.43. The van der Waals surface area contributed by atoms with E-state index in [-0.39, 0.29) is 6.04 Å². The highest BCUT2D eigenvalue weighted by Crippen LogP contribution is 2.28. The van der Waals surface area contributed by atoms with Gasteiger partial charge in [-0.15, -0.1) is 0 Å². The van der Waals surface area contributed by atoms with Gasteiger partial charge < -0.3 is 5.32 Å². The second-order valence-corrected chi connectivity index (χ2v) is 7.45. The van der Waals surface area contributed by atoms with Gasteiger partial charge in [0.25, 0.3) is 0 Å². The van der Waals surface area contributed by atoms with Gasteiger partial charge in [0.1, 0.15) is 0 Å². The zero-order chi connectivity index (χ0) is 15.6. The molecule has 1 atom stereocenters. The third-order valence-electron chi connectivity index (χ3n) is 4.01. The maximum atomic E-state index is 13.0. The summed E-state index contributed by atoms with van der Waals surface area (Å²) in [6.45, 7) is 3.74. The SMILES string of the molecule is Cc1ccc(S(=O)(=O)N2CCNC[C@@H]2c2ccccc2)cc1. The molecule has 5 heteroatoms. The average Bonchev–Trinajstić information content (AvgIpc) is 2.56. The molecule has 0 amide bonds. The van der Waals surface area contributed by atoms with Crippen molar-refractivity contribution < 1.29 is 8.42 Å². The van der Waals surface area contributed by atoms with Crippen molar-refractivity contribution in [3.05, 3.63) is 65.7 Å². The molecule has 0 radical (unpaired) electrons. The van der Waals surface area contributed by atoms with E-state index in [0.717, 1.165) is 11.1 Å². The van der Waals surface area contributed by atoms with Gasteiger partial charge >= 0.3 is 0 Å². The van der Waals surface area contributed by atoms with E-state index in [1.165, 1.54) is 0 Å². The second-order valence-electron chi connectivity index (χ2n) is 5.56. The molecule has 0 aromatic heterocycles. The summed E-state index contributed by atoms with van der Waals surface area (Å²) < 4.78 is 27.6. The molecule has 0 unspecified atom stereocenters. The second kappa shape index (κ2) is 6.20. The summed E-state index contributed by atoms with van der Waals surface area (Å²) in [6, 6.07) is 16.7. The summed E-state index contributed by atoms with van der Waals surface area (Å²) in [4.78, 5) is 0.362. The van der Waals surface area contributed by atoms with Gasteiger partial charge in [0.15, 0.2) is 0 Å². The maximum absolute atomic E-state index is 13.0. The highest BCUT2D eigenvalue weighted by atomic mass is 32.2.